The van der Waals surface area contributed by atoms with Crippen LogP contribution in [0.2, 0.25) is 0 Å². The van der Waals surface area contributed by atoms with Gasteiger partial charge in [-0.2, -0.15) is 5.10 Å². The molecule has 0 aliphatic heterocycles. The van der Waals surface area contributed by atoms with Gasteiger partial charge in [0.25, 0.3) is 0 Å². The first-order chi connectivity index (χ1) is 9.79. The second-order valence-electron chi connectivity index (χ2n) is 4.28. The van der Waals surface area contributed by atoms with Crippen molar-refractivity contribution in [3.05, 3.63) is 41.8 Å². The molecule has 0 fully saturated rings. The molecule has 20 heavy (non-hydrogen) atoms. The summed E-state index contributed by atoms with van der Waals surface area (Å²) in [6.45, 7) is 1.97. The van der Waals surface area contributed by atoms with Crippen LogP contribution in [0.3, 0.4) is 0 Å². The van der Waals surface area contributed by atoms with Gasteiger partial charge in [0.15, 0.2) is 0 Å². The van der Waals surface area contributed by atoms with E-state index in [1.165, 1.54) is 0 Å². The summed E-state index contributed by atoms with van der Waals surface area (Å²) < 4.78 is 3.42. The lowest BCUT2D eigenvalue weighted by Crippen LogP contribution is -1.95. The third kappa shape index (κ3) is 1.77. The lowest BCUT2D eigenvalue weighted by molar-refractivity contribution is 0.789. The Kier molecular flexibility index (Phi) is 2.36. The van der Waals surface area contributed by atoms with Crippen LogP contribution in [-0.2, 0) is 0 Å². The molecule has 3 aromatic heterocycles. The molecule has 0 amide bonds. The van der Waals surface area contributed by atoms with E-state index < -0.39 is 0 Å². The average molecular weight is 283 g/mol. The zero-order valence-corrected chi connectivity index (χ0v) is 11.3. The van der Waals surface area contributed by atoms with E-state index in [-0.39, 0.29) is 0 Å². The molecule has 7 nitrogen and oxygen atoms in total. The van der Waals surface area contributed by atoms with Crippen molar-refractivity contribution in [3.63, 3.8) is 0 Å². The first-order valence-corrected chi connectivity index (χ1v) is 6.78. The van der Waals surface area contributed by atoms with Gasteiger partial charge in [-0.25, -0.2) is 14.2 Å². The molecule has 0 bridgehead atoms. The zero-order chi connectivity index (χ0) is 13.5. The second kappa shape index (κ2) is 4.20. The third-order valence-electron chi connectivity index (χ3n) is 2.90. The summed E-state index contributed by atoms with van der Waals surface area (Å²) in [6, 6.07) is 7.90. The Bertz CT molecular complexity index is 843. The van der Waals surface area contributed by atoms with E-state index >= 15 is 0 Å². The predicted molar refractivity (Wildman–Crippen MR) is 73.7 cm³/mol. The quantitative estimate of drug-likeness (QED) is 0.560. The zero-order valence-electron chi connectivity index (χ0n) is 10.5. The summed E-state index contributed by atoms with van der Waals surface area (Å²) >= 11 is 1.57. The molecule has 0 radical (unpaired) electrons. The van der Waals surface area contributed by atoms with Crippen LogP contribution in [0.25, 0.3) is 21.9 Å². The Balaban J connectivity index is 1.81. The highest BCUT2D eigenvalue weighted by Gasteiger charge is 2.09. The number of rotatable bonds is 2. The Morgan fingerprint density at radius 3 is 3.00 bits per heavy atom. The van der Waals surface area contributed by atoms with Gasteiger partial charge in [0.2, 0.25) is 4.96 Å². The average Bonchev–Trinajstić information content (AvgIpc) is 3.13. The van der Waals surface area contributed by atoms with E-state index in [0.29, 0.717) is 0 Å². The number of hydrogen-bond donors (Lipinski definition) is 0. The highest BCUT2D eigenvalue weighted by atomic mass is 32.1. The first-order valence-electron chi connectivity index (χ1n) is 5.96. The second-order valence-corrected chi connectivity index (χ2v) is 5.44. The van der Waals surface area contributed by atoms with Crippen LogP contribution in [0, 0.1) is 6.92 Å². The first kappa shape index (κ1) is 11.2. The molecule has 0 atom stereocenters. The van der Waals surface area contributed by atoms with Gasteiger partial charge in [-0.1, -0.05) is 23.5 Å². The monoisotopic (exact) mass is 283 g/mol. The number of benzene rings is 1. The van der Waals surface area contributed by atoms with Crippen molar-refractivity contribution in [1.82, 2.24) is 34.8 Å². The van der Waals surface area contributed by atoms with Gasteiger partial charge in [0, 0.05) is 5.56 Å². The highest BCUT2D eigenvalue weighted by Crippen LogP contribution is 2.23. The SMILES string of the molecule is Cc1nn2cc(-c3cccc(-n4cnnn4)c3)nc2s1. The fourth-order valence-electron chi connectivity index (χ4n) is 2.03. The van der Waals surface area contributed by atoms with Gasteiger partial charge in [-0.15, -0.1) is 5.10 Å². The van der Waals surface area contributed by atoms with Crippen LogP contribution in [0.15, 0.2) is 36.8 Å². The van der Waals surface area contributed by atoms with Crippen molar-refractivity contribution in [2.75, 3.05) is 0 Å². The number of nitrogens with zero attached hydrogens (tertiary/aromatic N) is 7. The number of fused-ring (bicyclic) bond motifs is 1. The summed E-state index contributed by atoms with van der Waals surface area (Å²) in [5.74, 6) is 0. The molecule has 98 valence electrons. The van der Waals surface area contributed by atoms with Crippen LogP contribution < -0.4 is 0 Å². The Morgan fingerprint density at radius 2 is 2.20 bits per heavy atom. The molecule has 4 rings (SSSR count). The molecular weight excluding hydrogens is 274 g/mol. The summed E-state index contributed by atoms with van der Waals surface area (Å²) in [6.07, 6.45) is 3.49. The maximum atomic E-state index is 4.58. The van der Waals surface area contributed by atoms with Crippen LogP contribution in [0.4, 0.5) is 0 Å². The number of aromatic nitrogens is 7. The van der Waals surface area contributed by atoms with Gasteiger partial charge < -0.3 is 0 Å². The van der Waals surface area contributed by atoms with Crippen LogP contribution in [-0.4, -0.2) is 34.8 Å². The summed E-state index contributed by atoms with van der Waals surface area (Å²) in [5, 5.41) is 16.5. The topological polar surface area (TPSA) is 73.8 Å². The Hall–Kier alpha value is -2.61. The molecule has 0 spiro atoms. The van der Waals surface area contributed by atoms with E-state index in [0.717, 1.165) is 26.9 Å². The van der Waals surface area contributed by atoms with E-state index in [9.17, 15) is 0 Å². The van der Waals surface area contributed by atoms with Gasteiger partial charge >= 0.3 is 0 Å². The van der Waals surface area contributed by atoms with E-state index in [4.69, 9.17) is 0 Å². The van der Waals surface area contributed by atoms with Crippen LogP contribution in [0.1, 0.15) is 5.01 Å². The number of tetrazole rings is 1. The minimum Gasteiger partial charge on any atom is -0.217 e. The minimum atomic E-state index is 0.888. The molecule has 0 aliphatic rings. The lowest BCUT2D eigenvalue weighted by Gasteiger charge is -2.01. The maximum absolute atomic E-state index is 4.58. The molecule has 0 saturated carbocycles. The van der Waals surface area contributed by atoms with Gasteiger partial charge in [-0.05, 0) is 29.5 Å². The van der Waals surface area contributed by atoms with E-state index in [2.05, 4.69) is 25.6 Å². The minimum absolute atomic E-state index is 0.888. The van der Waals surface area contributed by atoms with Crippen molar-refractivity contribution in [1.29, 1.82) is 0 Å². The molecule has 0 unspecified atom stereocenters. The van der Waals surface area contributed by atoms with Crippen LogP contribution in [0.5, 0.6) is 0 Å². The largest absolute Gasteiger partial charge is 0.217 e. The van der Waals surface area contributed by atoms with Crippen molar-refractivity contribution in [3.8, 4) is 16.9 Å². The molecule has 8 heteroatoms. The van der Waals surface area contributed by atoms with Gasteiger partial charge in [-0.3, -0.25) is 0 Å². The van der Waals surface area contributed by atoms with Crippen molar-refractivity contribution in [2.45, 2.75) is 6.92 Å². The maximum Gasteiger partial charge on any atom is 0.212 e. The Morgan fingerprint density at radius 1 is 1.25 bits per heavy atom. The normalized spacial score (nSPS) is 11.2. The van der Waals surface area contributed by atoms with E-state index in [1.54, 1.807) is 26.9 Å². The number of aryl methyl sites for hydroxylation is 1. The molecule has 3 heterocycles. The smallest absolute Gasteiger partial charge is 0.212 e. The molecule has 0 saturated heterocycles. The molecule has 4 aromatic rings. The van der Waals surface area contributed by atoms with Crippen molar-refractivity contribution >= 4 is 16.3 Å². The summed E-state index contributed by atoms with van der Waals surface area (Å²) in [7, 11) is 0. The Labute approximate surface area is 117 Å². The molecule has 0 aliphatic carbocycles. The lowest BCUT2D eigenvalue weighted by atomic mass is 10.1. The van der Waals surface area contributed by atoms with Crippen molar-refractivity contribution in [2.24, 2.45) is 0 Å². The fraction of sp³-hybridized carbons (Fsp3) is 0.0833. The summed E-state index contributed by atoms with van der Waals surface area (Å²) in [5.41, 5.74) is 2.79. The van der Waals surface area contributed by atoms with E-state index in [1.807, 2.05) is 37.4 Å². The summed E-state index contributed by atoms with van der Waals surface area (Å²) in [4.78, 5) is 5.48. The standard InChI is InChI=1S/C12H9N7S/c1-8-15-18-6-11(14-12(18)20-8)9-3-2-4-10(5-9)19-7-13-16-17-19/h2-7H,1H3. The van der Waals surface area contributed by atoms with Crippen LogP contribution >= 0.6 is 11.3 Å². The third-order valence-corrected chi connectivity index (χ3v) is 3.74. The van der Waals surface area contributed by atoms with Gasteiger partial charge in [0.05, 0.1) is 17.6 Å². The predicted octanol–water partition coefficient (Wildman–Crippen LogP) is 1.74. The van der Waals surface area contributed by atoms with Crippen molar-refractivity contribution < 1.29 is 0 Å². The molecule has 0 N–H and O–H groups in total. The van der Waals surface area contributed by atoms with Gasteiger partial charge in [0.1, 0.15) is 11.3 Å². The fourth-order valence-corrected chi connectivity index (χ4v) is 2.75. The number of hydrogen-bond acceptors (Lipinski definition) is 6. The molecule has 1 aromatic carbocycles. The highest BCUT2D eigenvalue weighted by molar-refractivity contribution is 7.16. The number of imidazole rings is 1. The molecular formula is C12H9N7S.